The van der Waals surface area contributed by atoms with E-state index in [1.54, 1.807) is 0 Å². The molecular formula is C6H6Br2O. The molecule has 0 fully saturated rings. The Morgan fingerprint density at radius 3 is 0.889 bits per heavy atom. The minimum Gasteiger partial charge on any atom is -0.230 e. The van der Waals surface area contributed by atoms with Gasteiger partial charge >= 0.3 is 0 Å². The third-order valence-electron chi connectivity index (χ3n) is 0.667. The zero-order valence-corrected chi connectivity index (χ0v) is 7.80. The van der Waals surface area contributed by atoms with Crippen LogP contribution < -0.4 is 0 Å². The van der Waals surface area contributed by atoms with E-state index in [1.165, 1.54) is 0 Å². The first-order valence-corrected chi connectivity index (χ1v) is 3.60. The van der Waals surface area contributed by atoms with Crippen LogP contribution in [0.1, 0.15) is 0 Å². The van der Waals surface area contributed by atoms with Crippen LogP contribution in [0.3, 0.4) is 0 Å². The highest BCUT2D eigenvalue weighted by molar-refractivity contribution is 9.18. The Hall–Kier alpha value is 0.140. The fourth-order valence-corrected chi connectivity index (χ4v) is 0.385. The maximum Gasteiger partial charge on any atom is 0.115 e. The second-order valence-electron chi connectivity index (χ2n) is 1.21. The van der Waals surface area contributed by atoms with Gasteiger partial charge < -0.3 is 0 Å². The predicted octanol–water partition coefficient (Wildman–Crippen LogP) is 3.31. The van der Waals surface area contributed by atoms with E-state index >= 15 is 0 Å². The van der Waals surface area contributed by atoms with Gasteiger partial charge in [0, 0.05) is 0 Å². The number of halogens is 2. The predicted molar refractivity (Wildman–Crippen MR) is 45.4 cm³/mol. The summed E-state index contributed by atoms with van der Waals surface area (Å²) in [7, 11) is 0. The molecule has 1 nitrogen and oxygen atoms in total. The van der Waals surface area contributed by atoms with Crippen molar-refractivity contribution in [2.75, 3.05) is 0 Å². The fourth-order valence-electron chi connectivity index (χ4n) is 0.385. The van der Waals surface area contributed by atoms with Gasteiger partial charge in [0.05, 0.1) is 0 Å². The molecule has 3 heteroatoms. The summed E-state index contributed by atoms with van der Waals surface area (Å²) in [5.74, 6) is 0. The minimum atomic E-state index is 2.00. The van der Waals surface area contributed by atoms with E-state index in [1.807, 2.05) is 36.4 Å². The van der Waals surface area contributed by atoms with E-state index in [4.69, 9.17) is 0 Å². The molecule has 0 radical (unpaired) electrons. The lowest BCUT2D eigenvalue weighted by Gasteiger charge is -1.69. The number of benzene rings is 1. The van der Waals surface area contributed by atoms with Crippen molar-refractivity contribution in [1.29, 1.82) is 0 Å². The average Bonchev–Trinajstić information content (AvgIpc) is 1.93. The molecule has 0 aromatic heterocycles. The van der Waals surface area contributed by atoms with Crippen LogP contribution in [0.15, 0.2) is 36.4 Å². The molecule has 0 saturated carbocycles. The smallest absolute Gasteiger partial charge is 0.115 e. The number of hydrogen-bond donors (Lipinski definition) is 0. The highest BCUT2D eigenvalue weighted by Gasteiger charge is 1.57. The molecule has 50 valence electrons. The summed E-state index contributed by atoms with van der Waals surface area (Å²) in [6, 6.07) is 12.0. The lowest BCUT2D eigenvalue weighted by atomic mass is 10.4. The third kappa shape index (κ3) is 8.14. The molecule has 1 aromatic carbocycles. The lowest BCUT2D eigenvalue weighted by Crippen LogP contribution is -1.47. The molecule has 0 N–H and O–H groups in total. The maximum absolute atomic E-state index is 3.88. The Bertz CT molecular complexity index is 93.9. The van der Waals surface area contributed by atoms with Crippen molar-refractivity contribution in [3.05, 3.63) is 36.4 Å². The molecule has 0 aliphatic heterocycles. The van der Waals surface area contributed by atoms with Gasteiger partial charge in [-0.25, -0.2) is 2.92 Å². The van der Waals surface area contributed by atoms with Crippen molar-refractivity contribution in [3.8, 4) is 0 Å². The van der Waals surface area contributed by atoms with Gasteiger partial charge in [0.25, 0.3) is 0 Å². The summed E-state index contributed by atoms with van der Waals surface area (Å²) in [4.78, 5) is 0. The summed E-state index contributed by atoms with van der Waals surface area (Å²) in [5.41, 5.74) is 0. The van der Waals surface area contributed by atoms with E-state index in [0.717, 1.165) is 0 Å². The van der Waals surface area contributed by atoms with Gasteiger partial charge in [-0.05, 0) is 0 Å². The van der Waals surface area contributed by atoms with Gasteiger partial charge in [-0.15, -0.1) is 0 Å². The minimum absolute atomic E-state index is 2.00. The van der Waals surface area contributed by atoms with Gasteiger partial charge in [0.1, 0.15) is 32.5 Å². The lowest BCUT2D eigenvalue weighted by molar-refractivity contribution is 0.838. The molecule has 0 atom stereocenters. The van der Waals surface area contributed by atoms with Crippen LogP contribution in [-0.4, -0.2) is 0 Å². The second-order valence-corrected chi connectivity index (χ2v) is 2.73. The van der Waals surface area contributed by atoms with Crippen LogP contribution >= 0.6 is 32.5 Å². The Balaban J connectivity index is 0.000000187. The average molecular weight is 254 g/mol. The van der Waals surface area contributed by atoms with Crippen LogP contribution in [-0.2, 0) is 2.92 Å². The highest BCUT2D eigenvalue weighted by atomic mass is 79.9. The van der Waals surface area contributed by atoms with E-state index in [0.29, 0.717) is 0 Å². The van der Waals surface area contributed by atoms with Crippen molar-refractivity contribution >= 4 is 32.5 Å². The third-order valence-corrected chi connectivity index (χ3v) is 0.667. The molecule has 0 spiro atoms. The van der Waals surface area contributed by atoms with E-state index < -0.39 is 0 Å². The van der Waals surface area contributed by atoms with Gasteiger partial charge in [-0.1, -0.05) is 36.4 Å². The van der Waals surface area contributed by atoms with E-state index in [2.05, 4.69) is 35.4 Å². The fraction of sp³-hybridized carbons (Fsp3) is 0. The SMILES string of the molecule is BrOBr.c1ccccc1. The molecule has 0 saturated heterocycles. The number of rotatable bonds is 0. The van der Waals surface area contributed by atoms with E-state index in [9.17, 15) is 0 Å². The summed E-state index contributed by atoms with van der Waals surface area (Å²) < 4.78 is 3.88. The summed E-state index contributed by atoms with van der Waals surface area (Å²) >= 11 is 5.12. The molecule has 9 heavy (non-hydrogen) atoms. The second kappa shape index (κ2) is 8.14. The van der Waals surface area contributed by atoms with Crippen molar-refractivity contribution in [3.63, 3.8) is 0 Å². The Morgan fingerprint density at radius 2 is 0.778 bits per heavy atom. The summed E-state index contributed by atoms with van der Waals surface area (Å²) in [6.45, 7) is 0. The maximum atomic E-state index is 3.88. The first-order chi connectivity index (χ1) is 4.41. The molecule has 0 aliphatic carbocycles. The standard InChI is InChI=1S/C6H6.Br2O/c1-2-4-6-5-3-1;1-3-2/h1-6H;. The normalized spacial score (nSPS) is 7.33. The van der Waals surface area contributed by atoms with Crippen molar-refractivity contribution in [1.82, 2.24) is 0 Å². The topological polar surface area (TPSA) is 9.23 Å². The van der Waals surface area contributed by atoms with E-state index in [-0.39, 0.29) is 0 Å². The molecule has 0 heterocycles. The van der Waals surface area contributed by atoms with Crippen molar-refractivity contribution < 1.29 is 2.92 Å². The first-order valence-electron chi connectivity index (χ1n) is 2.31. The zero-order valence-electron chi connectivity index (χ0n) is 4.63. The summed E-state index contributed by atoms with van der Waals surface area (Å²) in [5, 5.41) is 0. The van der Waals surface area contributed by atoms with Crippen LogP contribution in [0.5, 0.6) is 0 Å². The van der Waals surface area contributed by atoms with Gasteiger partial charge in [-0.3, -0.25) is 0 Å². The Kier molecular flexibility index (Phi) is 8.27. The largest absolute Gasteiger partial charge is 0.230 e. The van der Waals surface area contributed by atoms with Crippen LogP contribution in [0.25, 0.3) is 0 Å². The van der Waals surface area contributed by atoms with Gasteiger partial charge in [0.15, 0.2) is 0 Å². The molecular weight excluding hydrogens is 248 g/mol. The molecule has 0 unspecified atom stereocenters. The zero-order chi connectivity index (χ0) is 6.95. The van der Waals surface area contributed by atoms with Crippen LogP contribution in [0, 0.1) is 0 Å². The molecule has 1 rings (SSSR count). The summed E-state index contributed by atoms with van der Waals surface area (Å²) in [6.07, 6.45) is 0. The van der Waals surface area contributed by atoms with Crippen molar-refractivity contribution in [2.45, 2.75) is 0 Å². The first kappa shape index (κ1) is 9.14. The number of hydrogen-bond acceptors (Lipinski definition) is 1. The molecule has 0 aliphatic rings. The van der Waals surface area contributed by atoms with Crippen LogP contribution in [0.4, 0.5) is 0 Å². The quantitative estimate of drug-likeness (QED) is 0.690. The Labute approximate surface area is 71.9 Å². The Morgan fingerprint density at radius 1 is 0.667 bits per heavy atom. The highest BCUT2D eigenvalue weighted by Crippen LogP contribution is 1.88. The van der Waals surface area contributed by atoms with Crippen LogP contribution in [0.2, 0.25) is 0 Å². The van der Waals surface area contributed by atoms with Crippen molar-refractivity contribution in [2.24, 2.45) is 0 Å². The van der Waals surface area contributed by atoms with Gasteiger partial charge in [-0.2, -0.15) is 0 Å². The molecule has 1 aromatic rings. The monoisotopic (exact) mass is 252 g/mol. The van der Waals surface area contributed by atoms with Gasteiger partial charge in [0.2, 0.25) is 0 Å². The molecule has 0 amide bonds. The molecule has 0 bridgehead atoms.